The van der Waals surface area contributed by atoms with Crippen LogP contribution in [-0.2, 0) is 4.79 Å². The number of benzene rings is 1. The molecule has 0 atom stereocenters. The number of hydrogen-bond acceptors (Lipinski definition) is 7. The molecule has 32 heavy (non-hydrogen) atoms. The third-order valence-electron chi connectivity index (χ3n) is 5.37. The molecule has 0 bridgehead atoms. The van der Waals surface area contributed by atoms with Gasteiger partial charge in [-0.15, -0.1) is 11.8 Å². The fourth-order valence-corrected chi connectivity index (χ4v) is 5.53. The predicted octanol–water partition coefficient (Wildman–Crippen LogP) is 3.99. The van der Waals surface area contributed by atoms with E-state index in [4.69, 9.17) is 11.6 Å². The Balaban J connectivity index is 1.20. The Bertz CT molecular complexity index is 1050. The molecule has 1 aliphatic heterocycles. The van der Waals surface area contributed by atoms with Gasteiger partial charge in [0.25, 0.3) is 0 Å². The van der Waals surface area contributed by atoms with Crippen LogP contribution in [0.15, 0.2) is 40.5 Å². The Morgan fingerprint density at radius 1 is 1.19 bits per heavy atom. The predicted molar refractivity (Wildman–Crippen MR) is 134 cm³/mol. The van der Waals surface area contributed by atoms with E-state index in [1.807, 2.05) is 37.4 Å². The molecule has 7 nitrogen and oxygen atoms in total. The Labute approximate surface area is 201 Å². The van der Waals surface area contributed by atoms with Crippen LogP contribution in [0.4, 0.5) is 5.69 Å². The van der Waals surface area contributed by atoms with Crippen molar-refractivity contribution in [2.45, 2.75) is 17.1 Å². The van der Waals surface area contributed by atoms with Gasteiger partial charge < -0.3 is 10.3 Å². The van der Waals surface area contributed by atoms with Crippen molar-refractivity contribution in [1.29, 1.82) is 0 Å². The minimum absolute atomic E-state index is 0.0539. The first-order chi connectivity index (χ1) is 15.5. The summed E-state index contributed by atoms with van der Waals surface area (Å²) in [5, 5.41) is 5.20. The van der Waals surface area contributed by atoms with Crippen LogP contribution in [0.1, 0.15) is 5.69 Å². The maximum atomic E-state index is 12.6. The van der Waals surface area contributed by atoms with Crippen molar-refractivity contribution in [3.63, 3.8) is 0 Å². The van der Waals surface area contributed by atoms with Crippen molar-refractivity contribution < 1.29 is 4.79 Å². The van der Waals surface area contributed by atoms with Crippen LogP contribution >= 0.6 is 35.1 Å². The smallest absolute Gasteiger partial charge is 0.238 e. The Hall–Kier alpha value is -1.78. The molecule has 10 heteroatoms. The molecule has 0 aliphatic carbocycles. The number of nitrogens with one attached hydrogen (secondary N) is 2. The number of aromatic amines is 1. The van der Waals surface area contributed by atoms with Crippen LogP contribution in [0, 0.1) is 6.92 Å². The molecule has 1 fully saturated rings. The van der Waals surface area contributed by atoms with Crippen molar-refractivity contribution in [3.05, 3.63) is 41.0 Å². The summed E-state index contributed by atoms with van der Waals surface area (Å²) in [5.74, 6) is 0.929. The molecule has 2 aromatic heterocycles. The number of hydrogen-bond donors (Lipinski definition) is 2. The summed E-state index contributed by atoms with van der Waals surface area (Å²) in [6.45, 7) is 6.92. The average molecular weight is 491 g/mol. The molecule has 1 saturated heterocycles. The molecule has 1 aliphatic rings. The number of imidazole rings is 1. The highest BCUT2D eigenvalue weighted by atomic mass is 35.5. The summed E-state index contributed by atoms with van der Waals surface area (Å²) in [5.41, 5.74) is 3.53. The number of aryl methyl sites for hydroxylation is 1. The number of fused-ring (bicyclic) bond motifs is 1. The third kappa shape index (κ3) is 5.96. The van der Waals surface area contributed by atoms with Crippen LogP contribution < -0.4 is 5.32 Å². The second-order valence-corrected chi connectivity index (χ2v) is 9.99. The van der Waals surface area contributed by atoms with Gasteiger partial charge in [0.05, 0.1) is 28.3 Å². The summed E-state index contributed by atoms with van der Waals surface area (Å²) in [6, 6.07) is 9.87. The first-order valence-electron chi connectivity index (χ1n) is 10.5. The number of carbonyl (C=O) groups excluding carboxylic acids is 1. The SMILES string of the molecule is CSc1nc(C)cc(Cl)c1NC(=O)CN1CCN(CCSc2nc3ccccc3[nH]2)CC1. The molecule has 3 heterocycles. The number of anilines is 1. The lowest BCUT2D eigenvalue weighted by Gasteiger charge is -2.34. The maximum absolute atomic E-state index is 12.6. The standard InChI is InChI=1S/C22H27ClN6OS2/c1-15-13-16(23)20(21(24-15)31-2)27-19(30)14-29-9-7-28(8-10-29)11-12-32-22-25-17-5-3-4-6-18(17)26-22/h3-6,13H,7-12,14H2,1-2H3,(H,25,26)(H,27,30). The lowest BCUT2D eigenvalue weighted by atomic mass is 10.3. The summed E-state index contributed by atoms with van der Waals surface area (Å²) in [6.07, 6.45) is 1.93. The van der Waals surface area contributed by atoms with Crippen LogP contribution in [0.3, 0.4) is 0 Å². The van der Waals surface area contributed by atoms with Gasteiger partial charge >= 0.3 is 0 Å². The number of para-hydroxylation sites is 2. The number of amides is 1. The lowest BCUT2D eigenvalue weighted by molar-refractivity contribution is -0.117. The highest BCUT2D eigenvalue weighted by molar-refractivity contribution is 7.99. The zero-order valence-corrected chi connectivity index (χ0v) is 20.6. The number of H-pyrrole nitrogens is 1. The number of halogens is 1. The first kappa shape index (κ1) is 23.4. The minimum Gasteiger partial charge on any atom is -0.333 e. The Kier molecular flexibility index (Phi) is 7.96. The average Bonchev–Trinajstić information content (AvgIpc) is 3.19. The molecular weight excluding hydrogens is 464 g/mol. The van der Waals surface area contributed by atoms with E-state index < -0.39 is 0 Å². The number of aromatic nitrogens is 3. The van der Waals surface area contributed by atoms with E-state index >= 15 is 0 Å². The van der Waals surface area contributed by atoms with Gasteiger partial charge in [-0.2, -0.15) is 0 Å². The van der Waals surface area contributed by atoms with Gasteiger partial charge in [-0.3, -0.25) is 14.6 Å². The Morgan fingerprint density at radius 2 is 1.94 bits per heavy atom. The largest absolute Gasteiger partial charge is 0.333 e. The summed E-state index contributed by atoms with van der Waals surface area (Å²) in [4.78, 5) is 29.7. The molecule has 0 radical (unpaired) electrons. The van der Waals surface area contributed by atoms with Crippen molar-refractivity contribution >= 4 is 57.8 Å². The normalized spacial score (nSPS) is 15.3. The van der Waals surface area contributed by atoms with E-state index in [1.165, 1.54) is 11.8 Å². The molecule has 170 valence electrons. The summed E-state index contributed by atoms with van der Waals surface area (Å²) in [7, 11) is 0. The summed E-state index contributed by atoms with van der Waals surface area (Å²) < 4.78 is 0. The molecule has 4 rings (SSSR count). The van der Waals surface area contributed by atoms with E-state index in [2.05, 4.69) is 30.1 Å². The number of rotatable bonds is 8. The molecule has 3 aromatic rings. The highest BCUT2D eigenvalue weighted by Crippen LogP contribution is 2.31. The van der Waals surface area contributed by atoms with Crippen molar-refractivity contribution in [2.24, 2.45) is 0 Å². The molecule has 2 N–H and O–H groups in total. The molecule has 1 aromatic carbocycles. The van der Waals surface area contributed by atoms with Crippen molar-refractivity contribution in [1.82, 2.24) is 24.8 Å². The zero-order valence-electron chi connectivity index (χ0n) is 18.2. The van der Waals surface area contributed by atoms with E-state index in [0.717, 1.165) is 65.4 Å². The van der Waals surface area contributed by atoms with Crippen LogP contribution in [0.5, 0.6) is 0 Å². The van der Waals surface area contributed by atoms with Gasteiger partial charge in [0, 0.05) is 44.2 Å². The first-order valence-corrected chi connectivity index (χ1v) is 13.1. The van der Waals surface area contributed by atoms with E-state index in [9.17, 15) is 4.79 Å². The number of nitrogens with zero attached hydrogens (tertiary/aromatic N) is 4. The molecule has 0 unspecified atom stereocenters. The van der Waals surface area contributed by atoms with E-state index in [-0.39, 0.29) is 5.91 Å². The van der Waals surface area contributed by atoms with Crippen LogP contribution in [0.2, 0.25) is 5.02 Å². The fourth-order valence-electron chi connectivity index (χ4n) is 3.69. The van der Waals surface area contributed by atoms with Crippen molar-refractivity contribution in [3.8, 4) is 0 Å². The van der Waals surface area contributed by atoms with Gasteiger partial charge in [-0.05, 0) is 31.4 Å². The topological polar surface area (TPSA) is 77.2 Å². The number of piperazine rings is 1. The molecular formula is C22H27ClN6OS2. The number of thioether (sulfide) groups is 2. The van der Waals surface area contributed by atoms with Gasteiger partial charge in [0.2, 0.25) is 5.91 Å². The molecule has 1 amide bonds. The van der Waals surface area contributed by atoms with Crippen molar-refractivity contribution in [2.75, 3.05) is 56.6 Å². The maximum Gasteiger partial charge on any atom is 0.238 e. The highest BCUT2D eigenvalue weighted by Gasteiger charge is 2.20. The number of pyridine rings is 1. The second kappa shape index (κ2) is 10.9. The second-order valence-electron chi connectivity index (χ2n) is 7.70. The van der Waals surface area contributed by atoms with Crippen LogP contribution in [0.25, 0.3) is 11.0 Å². The quantitative estimate of drug-likeness (QED) is 0.462. The van der Waals surface area contributed by atoms with Crippen LogP contribution in [-0.4, -0.2) is 81.9 Å². The fraction of sp³-hybridized carbons (Fsp3) is 0.409. The third-order valence-corrected chi connectivity index (χ3v) is 7.20. The monoisotopic (exact) mass is 490 g/mol. The van der Waals surface area contributed by atoms with Gasteiger partial charge in [-0.25, -0.2) is 9.97 Å². The molecule has 0 saturated carbocycles. The lowest BCUT2D eigenvalue weighted by Crippen LogP contribution is -2.49. The Morgan fingerprint density at radius 3 is 2.69 bits per heavy atom. The minimum atomic E-state index is -0.0539. The van der Waals surface area contributed by atoms with Gasteiger partial charge in [0.15, 0.2) is 5.16 Å². The number of carbonyl (C=O) groups is 1. The van der Waals surface area contributed by atoms with Gasteiger partial charge in [0.1, 0.15) is 5.03 Å². The van der Waals surface area contributed by atoms with Gasteiger partial charge in [-0.1, -0.05) is 35.5 Å². The van der Waals surface area contributed by atoms with E-state index in [0.29, 0.717) is 17.3 Å². The molecule has 0 spiro atoms. The summed E-state index contributed by atoms with van der Waals surface area (Å²) >= 11 is 9.57. The van der Waals surface area contributed by atoms with E-state index in [1.54, 1.807) is 17.8 Å². The zero-order chi connectivity index (χ0) is 22.5.